The fraction of sp³-hybridized carbons (Fsp3) is 0. The summed E-state index contributed by atoms with van der Waals surface area (Å²) in [5.74, 6) is -0.241. The highest BCUT2D eigenvalue weighted by Gasteiger charge is 2.01. The van der Waals surface area contributed by atoms with Crippen molar-refractivity contribution in [3.8, 4) is 11.3 Å². The normalized spacial score (nSPS) is 10.8. The molecule has 0 unspecified atom stereocenters. The van der Waals surface area contributed by atoms with Crippen LogP contribution in [-0.4, -0.2) is 14.6 Å². The molecule has 78 valence electrons. The maximum absolute atomic E-state index is 12.8. The lowest BCUT2D eigenvalue weighted by Gasteiger charge is -2.01. The number of halogens is 1. The third-order valence-electron chi connectivity index (χ3n) is 2.40. The van der Waals surface area contributed by atoms with Gasteiger partial charge in [0.05, 0.1) is 11.9 Å². The van der Waals surface area contributed by atoms with Crippen LogP contribution in [0.15, 0.2) is 48.8 Å². The zero-order chi connectivity index (χ0) is 11.0. The lowest BCUT2D eigenvalue weighted by Crippen LogP contribution is -1.91. The summed E-state index contributed by atoms with van der Waals surface area (Å²) in [6.45, 7) is 0. The Morgan fingerprint density at radius 3 is 2.62 bits per heavy atom. The molecule has 4 heteroatoms. The van der Waals surface area contributed by atoms with Crippen LogP contribution < -0.4 is 0 Å². The Kier molecular flexibility index (Phi) is 1.93. The third kappa shape index (κ3) is 1.44. The molecule has 2 aromatic heterocycles. The Bertz CT molecular complexity index is 628. The predicted molar refractivity (Wildman–Crippen MR) is 58.4 cm³/mol. The molecule has 0 radical (unpaired) electrons. The lowest BCUT2D eigenvalue weighted by molar-refractivity contribution is 0.628. The molecule has 1 aromatic carbocycles. The summed E-state index contributed by atoms with van der Waals surface area (Å²) in [5.41, 5.74) is 2.49. The largest absolute Gasteiger partial charge is 0.229 e. The average Bonchev–Trinajstić information content (AvgIpc) is 2.77. The van der Waals surface area contributed by atoms with Gasteiger partial charge in [-0.25, -0.2) is 13.9 Å². The van der Waals surface area contributed by atoms with Gasteiger partial charge in [0, 0.05) is 17.8 Å². The van der Waals surface area contributed by atoms with Crippen LogP contribution in [0.3, 0.4) is 0 Å². The molecular formula is C12H8FN3. The van der Waals surface area contributed by atoms with Gasteiger partial charge in [0.2, 0.25) is 0 Å². The molecular weight excluding hydrogens is 205 g/mol. The fourth-order valence-corrected chi connectivity index (χ4v) is 1.59. The molecule has 0 aliphatic rings. The maximum atomic E-state index is 12.8. The van der Waals surface area contributed by atoms with E-state index in [4.69, 9.17) is 0 Å². The molecule has 0 aliphatic carbocycles. The first-order chi connectivity index (χ1) is 7.83. The summed E-state index contributed by atoms with van der Waals surface area (Å²) in [6, 6.07) is 9.96. The molecule has 0 amide bonds. The molecule has 0 aliphatic heterocycles. The van der Waals surface area contributed by atoms with Crippen molar-refractivity contribution in [2.45, 2.75) is 0 Å². The Morgan fingerprint density at radius 1 is 1.00 bits per heavy atom. The van der Waals surface area contributed by atoms with Crippen molar-refractivity contribution in [1.29, 1.82) is 0 Å². The first-order valence-corrected chi connectivity index (χ1v) is 4.89. The summed E-state index contributed by atoms with van der Waals surface area (Å²) in [7, 11) is 0. The van der Waals surface area contributed by atoms with E-state index in [2.05, 4.69) is 10.1 Å². The molecule has 0 saturated heterocycles. The van der Waals surface area contributed by atoms with Gasteiger partial charge >= 0.3 is 0 Å². The minimum absolute atomic E-state index is 0.241. The van der Waals surface area contributed by atoms with Gasteiger partial charge in [0.25, 0.3) is 0 Å². The van der Waals surface area contributed by atoms with Crippen LogP contribution in [0.2, 0.25) is 0 Å². The summed E-state index contributed by atoms with van der Waals surface area (Å²) in [6.07, 6.45) is 3.53. The summed E-state index contributed by atoms with van der Waals surface area (Å²) >= 11 is 0. The van der Waals surface area contributed by atoms with Crippen molar-refractivity contribution in [3.63, 3.8) is 0 Å². The zero-order valence-corrected chi connectivity index (χ0v) is 8.34. The first kappa shape index (κ1) is 9.03. The number of nitrogens with zero attached hydrogens (tertiary/aromatic N) is 3. The van der Waals surface area contributed by atoms with Crippen LogP contribution in [0.5, 0.6) is 0 Å². The molecule has 0 spiro atoms. The monoisotopic (exact) mass is 213 g/mol. The Hall–Kier alpha value is -2.23. The SMILES string of the molecule is Fc1ccc(-c2ccn3nccc3n2)cc1. The highest BCUT2D eigenvalue weighted by atomic mass is 19.1. The minimum atomic E-state index is -0.241. The summed E-state index contributed by atoms with van der Waals surface area (Å²) in [5, 5.41) is 4.06. The molecule has 0 saturated carbocycles. The van der Waals surface area contributed by atoms with E-state index in [1.54, 1.807) is 22.8 Å². The molecule has 16 heavy (non-hydrogen) atoms. The Morgan fingerprint density at radius 2 is 1.81 bits per heavy atom. The second-order valence-electron chi connectivity index (χ2n) is 3.45. The first-order valence-electron chi connectivity index (χ1n) is 4.89. The van der Waals surface area contributed by atoms with E-state index in [1.807, 2.05) is 18.3 Å². The molecule has 0 fully saturated rings. The second-order valence-corrected chi connectivity index (χ2v) is 3.45. The van der Waals surface area contributed by atoms with Crippen molar-refractivity contribution in [2.24, 2.45) is 0 Å². The van der Waals surface area contributed by atoms with E-state index >= 15 is 0 Å². The van der Waals surface area contributed by atoms with Gasteiger partial charge < -0.3 is 0 Å². The highest BCUT2D eigenvalue weighted by molar-refractivity contribution is 5.61. The Labute approximate surface area is 91.2 Å². The quantitative estimate of drug-likeness (QED) is 0.621. The molecule has 0 atom stereocenters. The van der Waals surface area contributed by atoms with Crippen LogP contribution in [0.25, 0.3) is 16.9 Å². The number of hydrogen-bond acceptors (Lipinski definition) is 2. The van der Waals surface area contributed by atoms with Crippen LogP contribution in [-0.2, 0) is 0 Å². The van der Waals surface area contributed by atoms with Crippen LogP contribution >= 0.6 is 0 Å². The predicted octanol–water partition coefficient (Wildman–Crippen LogP) is 2.54. The van der Waals surface area contributed by atoms with E-state index in [9.17, 15) is 4.39 Å². The molecule has 3 rings (SSSR count). The van der Waals surface area contributed by atoms with Gasteiger partial charge in [-0.3, -0.25) is 0 Å². The summed E-state index contributed by atoms with van der Waals surface area (Å²) in [4.78, 5) is 4.41. The number of hydrogen-bond donors (Lipinski definition) is 0. The number of rotatable bonds is 1. The topological polar surface area (TPSA) is 30.2 Å². The van der Waals surface area contributed by atoms with E-state index in [-0.39, 0.29) is 5.82 Å². The molecule has 2 heterocycles. The second kappa shape index (κ2) is 3.41. The van der Waals surface area contributed by atoms with Crippen molar-refractivity contribution >= 4 is 5.65 Å². The Balaban J connectivity index is 2.14. The van der Waals surface area contributed by atoms with Gasteiger partial charge in [-0.1, -0.05) is 0 Å². The summed E-state index contributed by atoms with van der Waals surface area (Å²) < 4.78 is 14.5. The smallest absolute Gasteiger partial charge is 0.155 e. The molecule has 3 nitrogen and oxygen atoms in total. The van der Waals surface area contributed by atoms with Crippen molar-refractivity contribution in [1.82, 2.24) is 14.6 Å². The minimum Gasteiger partial charge on any atom is -0.229 e. The number of fused-ring (bicyclic) bond motifs is 1. The van der Waals surface area contributed by atoms with Gasteiger partial charge in [-0.2, -0.15) is 5.10 Å². The van der Waals surface area contributed by atoms with Gasteiger partial charge in [-0.15, -0.1) is 0 Å². The van der Waals surface area contributed by atoms with Gasteiger partial charge in [0.15, 0.2) is 5.65 Å². The van der Waals surface area contributed by atoms with Crippen molar-refractivity contribution in [3.05, 3.63) is 54.6 Å². The third-order valence-corrected chi connectivity index (χ3v) is 2.40. The number of benzene rings is 1. The van der Waals surface area contributed by atoms with Crippen LogP contribution in [0.4, 0.5) is 4.39 Å². The molecule has 3 aromatic rings. The van der Waals surface area contributed by atoms with Gasteiger partial charge in [-0.05, 0) is 30.3 Å². The van der Waals surface area contributed by atoms with E-state index in [0.29, 0.717) is 0 Å². The fourth-order valence-electron chi connectivity index (χ4n) is 1.59. The number of aromatic nitrogens is 3. The maximum Gasteiger partial charge on any atom is 0.155 e. The molecule has 0 N–H and O–H groups in total. The lowest BCUT2D eigenvalue weighted by atomic mass is 10.1. The van der Waals surface area contributed by atoms with E-state index in [1.165, 1.54) is 12.1 Å². The van der Waals surface area contributed by atoms with Crippen molar-refractivity contribution < 1.29 is 4.39 Å². The van der Waals surface area contributed by atoms with Crippen LogP contribution in [0, 0.1) is 5.82 Å². The van der Waals surface area contributed by atoms with Gasteiger partial charge in [0.1, 0.15) is 5.82 Å². The van der Waals surface area contributed by atoms with Crippen LogP contribution in [0.1, 0.15) is 0 Å². The van der Waals surface area contributed by atoms with E-state index < -0.39 is 0 Å². The van der Waals surface area contributed by atoms with Crippen molar-refractivity contribution in [2.75, 3.05) is 0 Å². The average molecular weight is 213 g/mol. The standard InChI is InChI=1S/C12H8FN3/c13-10-3-1-9(2-4-10)11-6-8-16-12(15-11)5-7-14-16/h1-8H. The van der Waals surface area contributed by atoms with E-state index in [0.717, 1.165) is 16.9 Å². The molecule has 0 bridgehead atoms. The highest BCUT2D eigenvalue weighted by Crippen LogP contribution is 2.17. The zero-order valence-electron chi connectivity index (χ0n) is 8.34.